The maximum Gasteiger partial charge on any atom is 0.339 e. The van der Waals surface area contributed by atoms with Crippen LogP contribution in [0.25, 0.3) is 0 Å². The maximum atomic E-state index is 13.1. The number of hydrogen-bond acceptors (Lipinski definition) is 4. The molecule has 1 aromatic heterocycles. The smallest absolute Gasteiger partial charge is 0.339 e. The summed E-state index contributed by atoms with van der Waals surface area (Å²) in [6.45, 7) is 4.88. The predicted octanol–water partition coefficient (Wildman–Crippen LogP) is 2.29. The first-order valence-corrected chi connectivity index (χ1v) is 5.96. The highest BCUT2D eigenvalue weighted by molar-refractivity contribution is 5.93. The second-order valence-corrected chi connectivity index (χ2v) is 4.58. The first-order chi connectivity index (χ1) is 8.95. The summed E-state index contributed by atoms with van der Waals surface area (Å²) in [7, 11) is 0. The van der Waals surface area contributed by atoms with Gasteiger partial charge in [0.15, 0.2) is 0 Å². The molecule has 5 nitrogen and oxygen atoms in total. The minimum Gasteiger partial charge on any atom is -0.478 e. The topological polar surface area (TPSA) is 77.2 Å². The lowest BCUT2D eigenvalue weighted by Crippen LogP contribution is -2.31. The van der Waals surface area contributed by atoms with Crippen molar-refractivity contribution in [3.05, 3.63) is 23.6 Å². The van der Waals surface area contributed by atoms with E-state index in [1.54, 1.807) is 4.90 Å². The van der Waals surface area contributed by atoms with Crippen molar-refractivity contribution in [1.29, 1.82) is 5.26 Å². The van der Waals surface area contributed by atoms with Crippen LogP contribution in [0.2, 0.25) is 0 Å². The summed E-state index contributed by atoms with van der Waals surface area (Å²) < 4.78 is 13.1. The molecule has 1 heterocycles. The highest BCUT2D eigenvalue weighted by Gasteiger charge is 2.19. The number of nitrogens with zero attached hydrogens (tertiary/aromatic N) is 3. The van der Waals surface area contributed by atoms with Crippen LogP contribution < -0.4 is 4.90 Å². The van der Waals surface area contributed by atoms with E-state index < -0.39 is 11.8 Å². The molecule has 0 amide bonds. The number of hydrogen-bond donors (Lipinski definition) is 1. The summed E-state index contributed by atoms with van der Waals surface area (Å²) in [6.07, 6.45) is 1.24. The molecule has 1 rings (SSSR count). The van der Waals surface area contributed by atoms with Gasteiger partial charge in [-0.05, 0) is 12.0 Å². The van der Waals surface area contributed by atoms with Crippen molar-refractivity contribution in [2.45, 2.75) is 20.3 Å². The van der Waals surface area contributed by atoms with Gasteiger partial charge in [-0.3, -0.25) is 0 Å². The SMILES string of the molecule is CC(C)CN(CCC#N)c1ncc(F)cc1C(=O)O. The summed E-state index contributed by atoms with van der Waals surface area (Å²) in [5, 5.41) is 17.7. The number of nitriles is 1. The van der Waals surface area contributed by atoms with E-state index in [-0.39, 0.29) is 23.7 Å². The van der Waals surface area contributed by atoms with Crippen LogP contribution in [0.1, 0.15) is 30.6 Å². The van der Waals surface area contributed by atoms with Crippen LogP contribution >= 0.6 is 0 Å². The lowest BCUT2D eigenvalue weighted by atomic mass is 10.1. The molecule has 19 heavy (non-hydrogen) atoms. The third-order valence-electron chi connectivity index (χ3n) is 2.44. The number of rotatable bonds is 6. The van der Waals surface area contributed by atoms with Gasteiger partial charge in [-0.1, -0.05) is 13.8 Å². The van der Waals surface area contributed by atoms with Crippen molar-refractivity contribution in [3.63, 3.8) is 0 Å². The first-order valence-electron chi connectivity index (χ1n) is 5.96. The molecule has 0 aliphatic carbocycles. The molecule has 1 N–H and O–H groups in total. The van der Waals surface area contributed by atoms with Crippen molar-refractivity contribution in [3.8, 4) is 6.07 Å². The molecule has 0 aliphatic rings. The van der Waals surface area contributed by atoms with Gasteiger partial charge in [0.2, 0.25) is 0 Å². The maximum absolute atomic E-state index is 13.1. The monoisotopic (exact) mass is 265 g/mol. The molecule has 0 aromatic carbocycles. The summed E-state index contributed by atoms with van der Waals surface area (Å²) in [5.74, 6) is -1.44. The normalized spacial score (nSPS) is 10.3. The summed E-state index contributed by atoms with van der Waals surface area (Å²) >= 11 is 0. The van der Waals surface area contributed by atoms with E-state index >= 15 is 0 Å². The number of halogens is 1. The molecule has 0 unspecified atom stereocenters. The number of carboxylic acid groups (broad SMARTS) is 1. The van der Waals surface area contributed by atoms with Crippen LogP contribution in [-0.2, 0) is 0 Å². The third-order valence-corrected chi connectivity index (χ3v) is 2.44. The fourth-order valence-electron chi connectivity index (χ4n) is 1.75. The lowest BCUT2D eigenvalue weighted by molar-refractivity contribution is 0.0696. The number of carbonyl (C=O) groups is 1. The van der Waals surface area contributed by atoms with Crippen LogP contribution in [0, 0.1) is 23.1 Å². The molecule has 0 atom stereocenters. The number of anilines is 1. The van der Waals surface area contributed by atoms with Gasteiger partial charge in [0, 0.05) is 13.1 Å². The molecule has 0 fully saturated rings. The van der Waals surface area contributed by atoms with Crippen LogP contribution in [-0.4, -0.2) is 29.1 Å². The van der Waals surface area contributed by atoms with Crippen LogP contribution in [0.15, 0.2) is 12.3 Å². The Kier molecular flexibility index (Phi) is 5.24. The third kappa shape index (κ3) is 4.21. The minimum atomic E-state index is -1.23. The largest absolute Gasteiger partial charge is 0.478 e. The second kappa shape index (κ2) is 6.69. The number of carboxylic acids is 1. The van der Waals surface area contributed by atoms with Gasteiger partial charge in [0.05, 0.1) is 18.7 Å². The van der Waals surface area contributed by atoms with E-state index in [9.17, 15) is 9.18 Å². The van der Waals surface area contributed by atoms with Crippen LogP contribution in [0.4, 0.5) is 10.2 Å². The highest BCUT2D eigenvalue weighted by atomic mass is 19.1. The van der Waals surface area contributed by atoms with E-state index in [0.717, 1.165) is 12.3 Å². The van der Waals surface area contributed by atoms with Crippen molar-refractivity contribution >= 4 is 11.8 Å². The Morgan fingerprint density at radius 2 is 2.32 bits per heavy atom. The fraction of sp³-hybridized carbons (Fsp3) is 0.462. The fourth-order valence-corrected chi connectivity index (χ4v) is 1.75. The number of aromatic nitrogens is 1. The van der Waals surface area contributed by atoms with Crippen molar-refractivity contribution in [1.82, 2.24) is 4.98 Å². The number of pyridine rings is 1. The Morgan fingerprint density at radius 3 is 2.84 bits per heavy atom. The van der Waals surface area contributed by atoms with Gasteiger partial charge in [0.1, 0.15) is 17.2 Å². The molecular weight excluding hydrogens is 249 g/mol. The average molecular weight is 265 g/mol. The molecule has 0 aliphatic heterocycles. The molecule has 1 aromatic rings. The summed E-state index contributed by atoms with van der Waals surface area (Å²) in [5.41, 5.74) is -0.182. The van der Waals surface area contributed by atoms with Crippen molar-refractivity contribution < 1.29 is 14.3 Å². The summed E-state index contributed by atoms with van der Waals surface area (Å²) in [4.78, 5) is 16.7. The van der Waals surface area contributed by atoms with E-state index in [4.69, 9.17) is 10.4 Å². The van der Waals surface area contributed by atoms with Gasteiger partial charge in [-0.15, -0.1) is 0 Å². The zero-order valence-electron chi connectivity index (χ0n) is 10.9. The van der Waals surface area contributed by atoms with Crippen molar-refractivity contribution in [2.75, 3.05) is 18.0 Å². The zero-order valence-corrected chi connectivity index (χ0v) is 10.9. The minimum absolute atomic E-state index is 0.182. The average Bonchev–Trinajstić information content (AvgIpc) is 2.34. The summed E-state index contributed by atoms with van der Waals surface area (Å²) in [6, 6.07) is 2.96. The molecule has 0 radical (unpaired) electrons. The van der Waals surface area contributed by atoms with Crippen LogP contribution in [0.3, 0.4) is 0 Å². The molecule has 102 valence electrons. The molecular formula is C13H16FN3O2. The first kappa shape index (κ1) is 14.9. The Morgan fingerprint density at radius 1 is 1.63 bits per heavy atom. The quantitative estimate of drug-likeness (QED) is 0.853. The van der Waals surface area contributed by atoms with Crippen LogP contribution in [0.5, 0.6) is 0 Å². The van der Waals surface area contributed by atoms with E-state index in [2.05, 4.69) is 4.98 Å². The van der Waals surface area contributed by atoms with Gasteiger partial charge in [-0.2, -0.15) is 5.26 Å². The lowest BCUT2D eigenvalue weighted by Gasteiger charge is -2.25. The van der Waals surface area contributed by atoms with E-state index in [0.29, 0.717) is 13.1 Å². The Labute approximate surface area is 111 Å². The highest BCUT2D eigenvalue weighted by Crippen LogP contribution is 2.20. The molecule has 6 heteroatoms. The van der Waals surface area contributed by atoms with Crippen molar-refractivity contribution in [2.24, 2.45) is 5.92 Å². The van der Waals surface area contributed by atoms with E-state index in [1.807, 2.05) is 19.9 Å². The number of aromatic carboxylic acids is 1. The Hall–Kier alpha value is -2.16. The predicted molar refractivity (Wildman–Crippen MR) is 68.4 cm³/mol. The molecule has 0 saturated carbocycles. The van der Waals surface area contributed by atoms with E-state index in [1.165, 1.54) is 0 Å². The van der Waals surface area contributed by atoms with Gasteiger partial charge >= 0.3 is 5.97 Å². The zero-order chi connectivity index (χ0) is 14.4. The van der Waals surface area contributed by atoms with Gasteiger partial charge in [-0.25, -0.2) is 14.2 Å². The Balaban J connectivity index is 3.13. The van der Waals surface area contributed by atoms with Gasteiger partial charge in [0.25, 0.3) is 0 Å². The standard InChI is InChI=1S/C13H16FN3O2/c1-9(2)8-17(5-3-4-15)12-11(13(18)19)6-10(14)7-16-12/h6-7,9H,3,5,8H2,1-2H3,(H,18,19). The second-order valence-electron chi connectivity index (χ2n) is 4.58. The molecule has 0 spiro atoms. The molecule has 0 saturated heterocycles. The molecule has 0 bridgehead atoms. The Bertz CT molecular complexity index is 497. The van der Waals surface area contributed by atoms with Gasteiger partial charge < -0.3 is 10.0 Å².